The molecule has 0 aliphatic rings. The fraction of sp³-hybridized carbons (Fsp3) is 0.167. The second-order valence-corrected chi connectivity index (χ2v) is 7.63. The molecule has 0 aliphatic carbocycles. The summed E-state index contributed by atoms with van der Waals surface area (Å²) in [6, 6.07) is 8.14. The Hall–Kier alpha value is -2.52. The van der Waals surface area contributed by atoms with Gasteiger partial charge in [0, 0.05) is 24.7 Å². The van der Waals surface area contributed by atoms with E-state index in [9.17, 15) is 18.4 Å². The summed E-state index contributed by atoms with van der Waals surface area (Å²) in [5.74, 6) is -2.69. The first kappa shape index (κ1) is 19.2. The first-order chi connectivity index (χ1) is 13.0. The van der Waals surface area contributed by atoms with Gasteiger partial charge in [-0.15, -0.1) is 11.3 Å². The van der Waals surface area contributed by atoms with E-state index >= 15 is 0 Å². The summed E-state index contributed by atoms with van der Waals surface area (Å²) in [4.78, 5) is 28.3. The van der Waals surface area contributed by atoms with Crippen LogP contribution in [-0.4, -0.2) is 29.6 Å². The van der Waals surface area contributed by atoms with Gasteiger partial charge in [-0.1, -0.05) is 11.8 Å². The van der Waals surface area contributed by atoms with Crippen molar-refractivity contribution in [1.29, 1.82) is 0 Å². The van der Waals surface area contributed by atoms with E-state index < -0.39 is 17.5 Å². The van der Waals surface area contributed by atoms with Crippen LogP contribution in [0.3, 0.4) is 0 Å². The minimum atomic E-state index is -0.945. The summed E-state index contributed by atoms with van der Waals surface area (Å²) in [5.41, 5.74) is 1.24. The number of benzene rings is 2. The van der Waals surface area contributed by atoms with Crippen LogP contribution >= 0.6 is 23.1 Å². The maximum absolute atomic E-state index is 13.5. The topological polar surface area (TPSA) is 71.1 Å². The number of nitrogens with zero attached hydrogens (tertiary/aromatic N) is 1. The largest absolute Gasteiger partial charge is 0.351 e. The van der Waals surface area contributed by atoms with Crippen LogP contribution < -0.4 is 10.6 Å². The highest BCUT2D eigenvalue weighted by atomic mass is 32.2. The van der Waals surface area contributed by atoms with Gasteiger partial charge in [0.1, 0.15) is 11.6 Å². The predicted octanol–water partition coefficient (Wildman–Crippen LogP) is 4.06. The fourth-order valence-electron chi connectivity index (χ4n) is 2.35. The minimum Gasteiger partial charge on any atom is -0.351 e. The van der Waals surface area contributed by atoms with Crippen molar-refractivity contribution in [2.24, 2.45) is 0 Å². The van der Waals surface area contributed by atoms with Crippen molar-refractivity contribution in [2.75, 3.05) is 18.1 Å². The monoisotopic (exact) mass is 407 g/mol. The molecule has 0 saturated carbocycles. The van der Waals surface area contributed by atoms with Crippen molar-refractivity contribution < 1.29 is 18.4 Å². The Labute approximate surface area is 162 Å². The zero-order valence-electron chi connectivity index (χ0n) is 14.2. The van der Waals surface area contributed by atoms with Gasteiger partial charge in [0.15, 0.2) is 4.34 Å². The van der Waals surface area contributed by atoms with Gasteiger partial charge in [-0.2, -0.15) is 0 Å². The Balaban J connectivity index is 1.53. The third kappa shape index (κ3) is 4.81. The summed E-state index contributed by atoms with van der Waals surface area (Å²) in [7, 11) is 0. The quantitative estimate of drug-likeness (QED) is 0.605. The lowest BCUT2D eigenvalue weighted by molar-refractivity contribution is -0.116. The molecule has 140 valence electrons. The number of thioether (sulfide) groups is 1. The maximum Gasteiger partial charge on any atom is 0.254 e. The predicted molar refractivity (Wildman–Crippen MR) is 103 cm³/mol. The second-order valence-electron chi connectivity index (χ2n) is 5.54. The molecule has 2 N–H and O–H groups in total. The molecule has 0 fully saturated rings. The molecular formula is C18H15F2N3O2S2. The Bertz CT molecular complexity index is 1010. The van der Waals surface area contributed by atoms with Gasteiger partial charge in [0.2, 0.25) is 5.91 Å². The average Bonchev–Trinajstić information content (AvgIpc) is 3.04. The third-order valence-electron chi connectivity index (χ3n) is 3.64. The zero-order chi connectivity index (χ0) is 19.4. The Morgan fingerprint density at radius 2 is 2.00 bits per heavy atom. The van der Waals surface area contributed by atoms with E-state index in [-0.39, 0.29) is 24.4 Å². The van der Waals surface area contributed by atoms with Crippen LogP contribution in [0.1, 0.15) is 16.8 Å². The van der Waals surface area contributed by atoms with Crippen LogP contribution in [0, 0.1) is 11.6 Å². The molecule has 2 amide bonds. The fourth-order valence-corrected chi connectivity index (χ4v) is 3.88. The second kappa shape index (κ2) is 8.45. The molecule has 0 aliphatic heterocycles. The van der Waals surface area contributed by atoms with E-state index in [1.807, 2.05) is 18.4 Å². The van der Waals surface area contributed by atoms with Crippen LogP contribution in [0.4, 0.5) is 14.5 Å². The lowest BCUT2D eigenvalue weighted by Crippen LogP contribution is -2.28. The number of anilines is 1. The summed E-state index contributed by atoms with van der Waals surface area (Å²) in [6.45, 7) is 0.0287. The molecule has 0 unspecified atom stereocenters. The number of amides is 2. The Morgan fingerprint density at radius 1 is 1.19 bits per heavy atom. The van der Waals surface area contributed by atoms with Crippen LogP contribution in [0.2, 0.25) is 0 Å². The lowest BCUT2D eigenvalue weighted by Gasteiger charge is -2.07. The third-order valence-corrected chi connectivity index (χ3v) is 5.64. The smallest absolute Gasteiger partial charge is 0.254 e. The van der Waals surface area contributed by atoms with Crippen molar-refractivity contribution in [3.05, 3.63) is 53.6 Å². The SMILES string of the molecule is CSc1nc2ccc(NC(=O)CCNC(=O)c3ccc(F)cc3F)cc2s1. The number of aromatic nitrogens is 1. The number of rotatable bonds is 6. The molecule has 5 nitrogen and oxygen atoms in total. The molecule has 0 bridgehead atoms. The van der Waals surface area contributed by atoms with Gasteiger partial charge in [-0.25, -0.2) is 13.8 Å². The molecule has 9 heteroatoms. The van der Waals surface area contributed by atoms with Gasteiger partial charge in [0.05, 0.1) is 15.8 Å². The molecule has 1 aromatic heterocycles. The first-order valence-corrected chi connectivity index (χ1v) is 9.98. The van der Waals surface area contributed by atoms with E-state index in [1.54, 1.807) is 29.2 Å². The molecule has 3 rings (SSSR count). The Morgan fingerprint density at radius 3 is 2.74 bits per heavy atom. The Kier molecular flexibility index (Phi) is 6.02. The van der Waals surface area contributed by atoms with Crippen molar-refractivity contribution in [1.82, 2.24) is 10.3 Å². The number of hydrogen-bond acceptors (Lipinski definition) is 5. The van der Waals surface area contributed by atoms with Crippen LogP contribution in [0.15, 0.2) is 40.7 Å². The number of thiazole rings is 1. The van der Waals surface area contributed by atoms with Crippen molar-refractivity contribution in [3.8, 4) is 0 Å². The number of halogens is 2. The first-order valence-electron chi connectivity index (χ1n) is 7.94. The van der Waals surface area contributed by atoms with Crippen LogP contribution in [0.25, 0.3) is 10.2 Å². The van der Waals surface area contributed by atoms with Gasteiger partial charge in [-0.3, -0.25) is 9.59 Å². The normalized spacial score (nSPS) is 10.8. The van der Waals surface area contributed by atoms with Crippen molar-refractivity contribution in [2.45, 2.75) is 10.8 Å². The molecule has 0 spiro atoms. The average molecular weight is 407 g/mol. The number of carbonyl (C=O) groups excluding carboxylic acids is 2. The number of hydrogen-bond donors (Lipinski definition) is 2. The minimum absolute atomic E-state index is 0.0192. The summed E-state index contributed by atoms with van der Waals surface area (Å²) in [6.07, 6.45) is 1.97. The standard InChI is InChI=1S/C18H15F2N3O2S2/c1-26-18-23-14-5-3-11(9-15(14)27-18)22-16(24)6-7-21-17(25)12-4-2-10(19)8-13(12)20/h2-5,8-9H,6-7H2,1H3,(H,21,25)(H,22,24). The number of carbonyl (C=O) groups is 2. The van der Waals surface area contributed by atoms with E-state index in [2.05, 4.69) is 15.6 Å². The molecule has 0 radical (unpaired) electrons. The highest BCUT2D eigenvalue weighted by molar-refractivity contribution is 8.00. The lowest BCUT2D eigenvalue weighted by atomic mass is 10.2. The van der Waals surface area contributed by atoms with E-state index in [0.29, 0.717) is 11.8 Å². The van der Waals surface area contributed by atoms with Gasteiger partial charge < -0.3 is 10.6 Å². The van der Waals surface area contributed by atoms with Crippen LogP contribution in [0.5, 0.6) is 0 Å². The highest BCUT2D eigenvalue weighted by Gasteiger charge is 2.13. The number of nitrogens with one attached hydrogen (secondary N) is 2. The van der Waals surface area contributed by atoms with Crippen molar-refractivity contribution >= 4 is 50.8 Å². The van der Waals surface area contributed by atoms with E-state index in [1.165, 1.54) is 0 Å². The highest BCUT2D eigenvalue weighted by Crippen LogP contribution is 2.29. The summed E-state index contributed by atoms with van der Waals surface area (Å²) >= 11 is 3.10. The van der Waals surface area contributed by atoms with E-state index in [4.69, 9.17) is 0 Å². The number of fused-ring (bicyclic) bond motifs is 1. The molecule has 27 heavy (non-hydrogen) atoms. The van der Waals surface area contributed by atoms with Gasteiger partial charge in [-0.05, 0) is 36.6 Å². The van der Waals surface area contributed by atoms with Gasteiger partial charge >= 0.3 is 0 Å². The summed E-state index contributed by atoms with van der Waals surface area (Å²) in [5, 5.41) is 5.20. The van der Waals surface area contributed by atoms with Crippen LogP contribution in [-0.2, 0) is 4.79 Å². The van der Waals surface area contributed by atoms with E-state index in [0.717, 1.165) is 26.7 Å². The molecule has 1 heterocycles. The molecule has 2 aromatic carbocycles. The zero-order valence-corrected chi connectivity index (χ0v) is 15.8. The molecular weight excluding hydrogens is 392 g/mol. The molecule has 3 aromatic rings. The van der Waals surface area contributed by atoms with Gasteiger partial charge in [0.25, 0.3) is 5.91 Å². The maximum atomic E-state index is 13.5. The molecule has 0 saturated heterocycles. The summed E-state index contributed by atoms with van der Waals surface area (Å²) < 4.78 is 28.3. The van der Waals surface area contributed by atoms with Crippen molar-refractivity contribution in [3.63, 3.8) is 0 Å². The molecule has 0 atom stereocenters.